The summed E-state index contributed by atoms with van der Waals surface area (Å²) >= 11 is 0. The second-order valence-corrected chi connectivity index (χ2v) is 1.29. The van der Waals surface area contributed by atoms with Crippen molar-refractivity contribution in [3.8, 4) is 11.8 Å². The van der Waals surface area contributed by atoms with E-state index in [4.69, 9.17) is 10.2 Å². The number of hydrogen-bond donors (Lipinski definition) is 2. The van der Waals surface area contributed by atoms with Crippen LogP contribution in [0.5, 0.6) is 0 Å². The predicted octanol–water partition coefficient (Wildman–Crippen LogP) is -0.663. The average Bonchev–Trinajstić information content (AvgIpc) is 1.85. The third kappa shape index (κ3) is 5.31. The van der Waals surface area contributed by atoms with Gasteiger partial charge in [0.1, 0.15) is 6.61 Å². The normalized spacial score (nSPS) is 11.9. The quantitative estimate of drug-likeness (QED) is 0.385. The molecule has 0 aromatic heterocycles. The standard InChI is InChI=1S/C6H10O3/c1-2-9-6(8)4-3-5-7/h6-8H,2,5H2,1H3. The molecule has 0 bridgehead atoms. The Morgan fingerprint density at radius 2 is 2.33 bits per heavy atom. The second-order valence-electron chi connectivity index (χ2n) is 1.29. The fourth-order valence-electron chi connectivity index (χ4n) is 0.332. The third-order valence-corrected chi connectivity index (χ3v) is 0.629. The fourth-order valence-corrected chi connectivity index (χ4v) is 0.332. The second kappa shape index (κ2) is 5.57. The predicted molar refractivity (Wildman–Crippen MR) is 32.5 cm³/mol. The lowest BCUT2D eigenvalue weighted by Crippen LogP contribution is -2.08. The van der Waals surface area contributed by atoms with Crippen molar-refractivity contribution in [3.63, 3.8) is 0 Å². The van der Waals surface area contributed by atoms with Crippen LogP contribution >= 0.6 is 0 Å². The van der Waals surface area contributed by atoms with Crippen molar-refractivity contribution in [2.75, 3.05) is 13.2 Å². The highest BCUT2D eigenvalue weighted by molar-refractivity contribution is 5.01. The molecule has 52 valence electrons. The summed E-state index contributed by atoms with van der Waals surface area (Å²) in [6.45, 7) is 1.93. The first-order valence-electron chi connectivity index (χ1n) is 2.70. The lowest BCUT2D eigenvalue weighted by Gasteiger charge is -1.99. The van der Waals surface area contributed by atoms with Gasteiger partial charge in [-0.05, 0) is 12.8 Å². The lowest BCUT2D eigenvalue weighted by molar-refractivity contribution is -0.0516. The zero-order chi connectivity index (χ0) is 7.11. The zero-order valence-corrected chi connectivity index (χ0v) is 5.29. The van der Waals surface area contributed by atoms with Gasteiger partial charge in [0.25, 0.3) is 0 Å². The number of hydrogen-bond acceptors (Lipinski definition) is 3. The molecule has 0 aromatic carbocycles. The monoisotopic (exact) mass is 130 g/mol. The number of aliphatic hydroxyl groups is 2. The third-order valence-electron chi connectivity index (χ3n) is 0.629. The summed E-state index contributed by atoms with van der Waals surface area (Å²) in [6, 6.07) is 0. The highest BCUT2D eigenvalue weighted by Gasteiger charge is 1.92. The van der Waals surface area contributed by atoms with Gasteiger partial charge in [-0.3, -0.25) is 0 Å². The van der Waals surface area contributed by atoms with Gasteiger partial charge in [0.2, 0.25) is 6.29 Å². The molecule has 9 heavy (non-hydrogen) atoms. The van der Waals surface area contributed by atoms with E-state index in [1.165, 1.54) is 0 Å². The van der Waals surface area contributed by atoms with Crippen molar-refractivity contribution in [1.82, 2.24) is 0 Å². The topological polar surface area (TPSA) is 49.7 Å². The maximum Gasteiger partial charge on any atom is 0.219 e. The Bertz CT molecular complexity index is 111. The molecule has 2 N–H and O–H groups in total. The molecule has 0 aliphatic heterocycles. The van der Waals surface area contributed by atoms with E-state index in [2.05, 4.69) is 16.6 Å². The van der Waals surface area contributed by atoms with Crippen molar-refractivity contribution >= 4 is 0 Å². The summed E-state index contributed by atoms with van der Waals surface area (Å²) in [5.74, 6) is 4.53. The minimum atomic E-state index is -1.05. The minimum absolute atomic E-state index is 0.246. The van der Waals surface area contributed by atoms with E-state index in [1.807, 2.05) is 0 Å². The molecular weight excluding hydrogens is 120 g/mol. The molecule has 0 aromatic rings. The minimum Gasteiger partial charge on any atom is -0.384 e. The van der Waals surface area contributed by atoms with E-state index in [1.54, 1.807) is 6.92 Å². The van der Waals surface area contributed by atoms with Crippen molar-refractivity contribution in [1.29, 1.82) is 0 Å². The van der Waals surface area contributed by atoms with Crippen LogP contribution in [0.25, 0.3) is 0 Å². The molecule has 0 amide bonds. The van der Waals surface area contributed by atoms with E-state index in [0.717, 1.165) is 0 Å². The van der Waals surface area contributed by atoms with Gasteiger partial charge >= 0.3 is 0 Å². The van der Waals surface area contributed by atoms with Gasteiger partial charge in [-0.2, -0.15) is 0 Å². The summed E-state index contributed by atoms with van der Waals surface area (Å²) in [5.41, 5.74) is 0. The van der Waals surface area contributed by atoms with Crippen molar-refractivity contribution in [2.45, 2.75) is 13.2 Å². The van der Waals surface area contributed by atoms with Crippen LogP contribution in [0.1, 0.15) is 6.92 Å². The van der Waals surface area contributed by atoms with Gasteiger partial charge in [0.05, 0.1) is 0 Å². The van der Waals surface area contributed by atoms with Crippen LogP contribution < -0.4 is 0 Å². The molecule has 3 heteroatoms. The SMILES string of the molecule is CCOC(O)C#CCO. The van der Waals surface area contributed by atoms with Crippen LogP contribution in [0.2, 0.25) is 0 Å². The van der Waals surface area contributed by atoms with Crippen LogP contribution in [0.3, 0.4) is 0 Å². The molecule has 0 rings (SSSR count). The van der Waals surface area contributed by atoms with Gasteiger partial charge in [0.15, 0.2) is 0 Å². The molecule has 0 spiro atoms. The summed E-state index contributed by atoms with van der Waals surface area (Å²) in [6.07, 6.45) is -1.05. The maximum atomic E-state index is 8.67. The Labute approximate surface area is 54.3 Å². The first-order valence-corrected chi connectivity index (χ1v) is 2.70. The first-order chi connectivity index (χ1) is 4.31. The van der Waals surface area contributed by atoms with E-state index in [9.17, 15) is 0 Å². The Morgan fingerprint density at radius 3 is 2.78 bits per heavy atom. The largest absolute Gasteiger partial charge is 0.384 e. The molecule has 0 aliphatic rings. The van der Waals surface area contributed by atoms with E-state index < -0.39 is 6.29 Å². The van der Waals surface area contributed by atoms with E-state index in [-0.39, 0.29) is 6.61 Å². The molecule has 3 nitrogen and oxygen atoms in total. The van der Waals surface area contributed by atoms with Gasteiger partial charge < -0.3 is 14.9 Å². The first kappa shape index (κ1) is 8.44. The molecule has 1 unspecified atom stereocenters. The van der Waals surface area contributed by atoms with E-state index >= 15 is 0 Å². The van der Waals surface area contributed by atoms with Gasteiger partial charge in [-0.1, -0.05) is 5.92 Å². The van der Waals surface area contributed by atoms with Crippen molar-refractivity contribution in [3.05, 3.63) is 0 Å². The fraction of sp³-hybridized carbons (Fsp3) is 0.667. The van der Waals surface area contributed by atoms with Gasteiger partial charge in [-0.25, -0.2) is 0 Å². The Morgan fingerprint density at radius 1 is 1.67 bits per heavy atom. The Kier molecular flexibility index (Phi) is 5.23. The molecule has 0 heterocycles. The summed E-state index contributed by atoms with van der Waals surface area (Å²) in [4.78, 5) is 0. The molecule has 0 saturated carbocycles. The average molecular weight is 130 g/mol. The Balaban J connectivity index is 3.36. The highest BCUT2D eigenvalue weighted by atomic mass is 16.6. The van der Waals surface area contributed by atoms with Crippen molar-refractivity contribution in [2.24, 2.45) is 0 Å². The molecule has 1 atom stereocenters. The molecular formula is C6H10O3. The lowest BCUT2D eigenvalue weighted by atomic mass is 10.6. The van der Waals surface area contributed by atoms with Crippen LogP contribution in [-0.2, 0) is 4.74 Å². The van der Waals surface area contributed by atoms with Crippen LogP contribution in [0, 0.1) is 11.8 Å². The zero-order valence-electron chi connectivity index (χ0n) is 5.29. The summed E-state index contributed by atoms with van der Waals surface area (Å²) in [7, 11) is 0. The molecule has 0 radical (unpaired) electrons. The van der Waals surface area contributed by atoms with Crippen LogP contribution in [0.4, 0.5) is 0 Å². The van der Waals surface area contributed by atoms with Crippen LogP contribution in [0.15, 0.2) is 0 Å². The number of aliphatic hydroxyl groups excluding tert-OH is 2. The van der Waals surface area contributed by atoms with Gasteiger partial charge in [0, 0.05) is 6.61 Å². The molecule has 0 saturated heterocycles. The summed E-state index contributed by atoms with van der Waals surface area (Å²) < 4.78 is 4.61. The maximum absolute atomic E-state index is 8.67. The van der Waals surface area contributed by atoms with Crippen molar-refractivity contribution < 1.29 is 14.9 Å². The Hall–Kier alpha value is -0.560. The smallest absolute Gasteiger partial charge is 0.219 e. The summed E-state index contributed by atoms with van der Waals surface area (Å²) in [5, 5.41) is 16.8. The number of rotatable bonds is 2. The highest BCUT2D eigenvalue weighted by Crippen LogP contribution is 1.81. The van der Waals surface area contributed by atoms with Gasteiger partial charge in [-0.15, -0.1) is 0 Å². The van der Waals surface area contributed by atoms with Crippen LogP contribution in [-0.4, -0.2) is 29.7 Å². The van der Waals surface area contributed by atoms with E-state index in [0.29, 0.717) is 6.61 Å². The number of ether oxygens (including phenoxy) is 1. The molecule has 0 aliphatic carbocycles. The molecule has 0 fully saturated rings.